The predicted molar refractivity (Wildman–Crippen MR) is 89.7 cm³/mol. The molecule has 1 N–H and O–H groups in total. The summed E-state index contributed by atoms with van der Waals surface area (Å²) >= 11 is 0. The molecule has 126 valence electrons. The van der Waals surface area contributed by atoms with Crippen molar-refractivity contribution in [2.75, 3.05) is 39.3 Å². The standard InChI is InChI=1S/C16H32N2O2.CH4/c1-13(2)11-17-7-8-18-9-10-20-15(12-18)5-6-16(19)14(3)4;/h13-15,17H,5-12H2,1-4H3;1H4/t15-;/m0./s1. The zero-order valence-corrected chi connectivity index (χ0v) is 13.7. The molecule has 0 saturated carbocycles. The van der Waals surface area contributed by atoms with Gasteiger partial charge in [0.2, 0.25) is 0 Å². The van der Waals surface area contributed by atoms with E-state index in [-0.39, 0.29) is 19.4 Å². The average Bonchev–Trinajstić information content (AvgIpc) is 2.41. The van der Waals surface area contributed by atoms with Crippen LogP contribution >= 0.6 is 0 Å². The Hall–Kier alpha value is -0.450. The molecule has 1 rings (SSSR count). The number of morpholine rings is 1. The highest BCUT2D eigenvalue weighted by Crippen LogP contribution is 2.12. The zero-order valence-electron chi connectivity index (χ0n) is 13.7. The molecule has 0 aromatic carbocycles. The average molecular weight is 300 g/mol. The van der Waals surface area contributed by atoms with E-state index in [0.717, 1.165) is 45.8 Å². The van der Waals surface area contributed by atoms with Crippen LogP contribution in [0.1, 0.15) is 48.0 Å². The van der Waals surface area contributed by atoms with Gasteiger partial charge in [-0.15, -0.1) is 0 Å². The quantitative estimate of drug-likeness (QED) is 0.665. The number of nitrogens with one attached hydrogen (secondary N) is 1. The van der Waals surface area contributed by atoms with Gasteiger partial charge in [-0.3, -0.25) is 9.69 Å². The van der Waals surface area contributed by atoms with Crippen LogP contribution in [-0.4, -0.2) is 56.1 Å². The highest BCUT2D eigenvalue weighted by molar-refractivity contribution is 5.80. The van der Waals surface area contributed by atoms with Crippen LogP contribution in [0, 0.1) is 11.8 Å². The summed E-state index contributed by atoms with van der Waals surface area (Å²) < 4.78 is 5.77. The molecule has 0 bridgehead atoms. The molecule has 1 fully saturated rings. The van der Waals surface area contributed by atoms with E-state index < -0.39 is 0 Å². The number of carbonyl (C=O) groups excluding carboxylic acids is 1. The van der Waals surface area contributed by atoms with Crippen LogP contribution in [0.3, 0.4) is 0 Å². The lowest BCUT2D eigenvalue weighted by Gasteiger charge is -2.33. The molecule has 0 aromatic heterocycles. The molecule has 0 aliphatic carbocycles. The van der Waals surface area contributed by atoms with Gasteiger partial charge in [0.15, 0.2) is 0 Å². The summed E-state index contributed by atoms with van der Waals surface area (Å²) in [5, 5.41) is 3.48. The third-order valence-corrected chi connectivity index (χ3v) is 3.74. The van der Waals surface area contributed by atoms with Crippen molar-refractivity contribution in [2.24, 2.45) is 11.8 Å². The minimum absolute atomic E-state index is 0. The summed E-state index contributed by atoms with van der Waals surface area (Å²) in [7, 11) is 0. The van der Waals surface area contributed by atoms with Crippen LogP contribution in [0.4, 0.5) is 0 Å². The van der Waals surface area contributed by atoms with Crippen molar-refractivity contribution in [3.63, 3.8) is 0 Å². The second-order valence-electron chi connectivity index (χ2n) is 6.55. The van der Waals surface area contributed by atoms with Gasteiger partial charge in [0, 0.05) is 38.5 Å². The minimum Gasteiger partial charge on any atom is -0.376 e. The van der Waals surface area contributed by atoms with Crippen molar-refractivity contribution in [1.82, 2.24) is 10.2 Å². The van der Waals surface area contributed by atoms with Crippen molar-refractivity contribution >= 4 is 5.78 Å². The Balaban J connectivity index is 0.00000400. The van der Waals surface area contributed by atoms with E-state index in [2.05, 4.69) is 24.1 Å². The number of hydrogen-bond donors (Lipinski definition) is 1. The van der Waals surface area contributed by atoms with Crippen LogP contribution in [0.25, 0.3) is 0 Å². The minimum atomic E-state index is 0. The first kappa shape index (κ1) is 20.6. The Labute approximate surface area is 131 Å². The number of hydrogen-bond acceptors (Lipinski definition) is 4. The summed E-state index contributed by atoms with van der Waals surface area (Å²) in [6.45, 7) is 14.4. The lowest BCUT2D eigenvalue weighted by Crippen LogP contribution is -2.45. The number of ketones is 1. The monoisotopic (exact) mass is 300 g/mol. The number of carbonyl (C=O) groups is 1. The molecule has 0 amide bonds. The third kappa shape index (κ3) is 9.22. The maximum Gasteiger partial charge on any atom is 0.135 e. The zero-order chi connectivity index (χ0) is 15.0. The molecule has 4 heteroatoms. The molecule has 1 aliphatic rings. The van der Waals surface area contributed by atoms with Crippen LogP contribution < -0.4 is 5.32 Å². The fourth-order valence-corrected chi connectivity index (χ4v) is 2.38. The number of Topliss-reactive ketones (excluding diaryl/α,β-unsaturated/α-hetero) is 1. The first-order valence-electron chi connectivity index (χ1n) is 8.06. The van der Waals surface area contributed by atoms with E-state index in [1.165, 1.54) is 0 Å². The Morgan fingerprint density at radius 3 is 2.67 bits per heavy atom. The lowest BCUT2D eigenvalue weighted by atomic mass is 10.0. The second kappa shape index (κ2) is 11.2. The highest BCUT2D eigenvalue weighted by atomic mass is 16.5. The van der Waals surface area contributed by atoms with E-state index in [0.29, 0.717) is 18.1 Å². The largest absolute Gasteiger partial charge is 0.376 e. The van der Waals surface area contributed by atoms with Gasteiger partial charge in [0.05, 0.1) is 12.7 Å². The van der Waals surface area contributed by atoms with E-state index in [4.69, 9.17) is 4.74 Å². The number of nitrogens with zero attached hydrogens (tertiary/aromatic N) is 1. The topological polar surface area (TPSA) is 41.6 Å². The summed E-state index contributed by atoms with van der Waals surface area (Å²) in [6.07, 6.45) is 1.76. The molecular formula is C17H36N2O2. The van der Waals surface area contributed by atoms with Gasteiger partial charge in [0.1, 0.15) is 5.78 Å². The normalized spacial score (nSPS) is 19.8. The van der Waals surface area contributed by atoms with Crippen molar-refractivity contribution < 1.29 is 9.53 Å². The molecule has 21 heavy (non-hydrogen) atoms. The molecule has 1 saturated heterocycles. The van der Waals surface area contributed by atoms with Crippen molar-refractivity contribution in [3.8, 4) is 0 Å². The van der Waals surface area contributed by atoms with Gasteiger partial charge in [-0.25, -0.2) is 0 Å². The van der Waals surface area contributed by atoms with Gasteiger partial charge < -0.3 is 10.1 Å². The molecule has 1 atom stereocenters. The third-order valence-electron chi connectivity index (χ3n) is 3.74. The fraction of sp³-hybridized carbons (Fsp3) is 0.941. The molecule has 0 spiro atoms. The Kier molecular flexibility index (Phi) is 10.9. The summed E-state index contributed by atoms with van der Waals surface area (Å²) in [4.78, 5) is 14.1. The van der Waals surface area contributed by atoms with Gasteiger partial charge in [-0.2, -0.15) is 0 Å². The number of ether oxygens (including phenoxy) is 1. The van der Waals surface area contributed by atoms with Crippen molar-refractivity contribution in [1.29, 1.82) is 0 Å². The first-order valence-corrected chi connectivity index (χ1v) is 8.06. The van der Waals surface area contributed by atoms with Crippen LogP contribution in [-0.2, 0) is 9.53 Å². The molecular weight excluding hydrogens is 264 g/mol. The molecule has 0 unspecified atom stereocenters. The van der Waals surface area contributed by atoms with Crippen molar-refractivity contribution in [3.05, 3.63) is 0 Å². The van der Waals surface area contributed by atoms with Crippen molar-refractivity contribution in [2.45, 2.75) is 54.1 Å². The molecule has 1 heterocycles. The summed E-state index contributed by atoms with van der Waals surface area (Å²) in [6, 6.07) is 0. The van der Waals surface area contributed by atoms with Gasteiger partial charge in [0.25, 0.3) is 0 Å². The maximum absolute atomic E-state index is 11.7. The second-order valence-corrected chi connectivity index (χ2v) is 6.55. The Morgan fingerprint density at radius 2 is 2.05 bits per heavy atom. The Morgan fingerprint density at radius 1 is 1.33 bits per heavy atom. The lowest BCUT2D eigenvalue weighted by molar-refractivity contribution is -0.123. The predicted octanol–water partition coefficient (Wildman–Crippen LogP) is 2.57. The summed E-state index contributed by atoms with van der Waals surface area (Å²) in [5.74, 6) is 1.20. The van der Waals surface area contributed by atoms with Crippen LogP contribution in [0.15, 0.2) is 0 Å². The number of rotatable bonds is 9. The fourth-order valence-electron chi connectivity index (χ4n) is 2.38. The molecule has 0 radical (unpaired) electrons. The molecule has 4 nitrogen and oxygen atoms in total. The van der Waals surface area contributed by atoms with Crippen LogP contribution in [0.5, 0.6) is 0 Å². The molecule has 0 aromatic rings. The highest BCUT2D eigenvalue weighted by Gasteiger charge is 2.21. The van der Waals surface area contributed by atoms with Gasteiger partial charge >= 0.3 is 0 Å². The van der Waals surface area contributed by atoms with E-state index in [1.54, 1.807) is 0 Å². The SMILES string of the molecule is C.CC(C)CNCCN1CCO[C@@H](CCC(=O)C(C)C)C1. The van der Waals surface area contributed by atoms with Gasteiger partial charge in [-0.1, -0.05) is 35.1 Å². The Bertz CT molecular complexity index is 280. The summed E-state index contributed by atoms with van der Waals surface area (Å²) in [5.41, 5.74) is 0. The van der Waals surface area contributed by atoms with E-state index >= 15 is 0 Å². The van der Waals surface area contributed by atoms with Gasteiger partial charge in [-0.05, 0) is 18.9 Å². The molecule has 1 aliphatic heterocycles. The first-order chi connectivity index (χ1) is 9.49. The van der Waals surface area contributed by atoms with E-state index in [1.807, 2.05) is 13.8 Å². The van der Waals surface area contributed by atoms with Crippen LogP contribution in [0.2, 0.25) is 0 Å². The maximum atomic E-state index is 11.7. The van der Waals surface area contributed by atoms with E-state index in [9.17, 15) is 4.79 Å². The smallest absolute Gasteiger partial charge is 0.135 e.